The summed E-state index contributed by atoms with van der Waals surface area (Å²) in [5, 5.41) is 0. The van der Waals surface area contributed by atoms with Crippen LogP contribution >= 0.6 is 11.8 Å². The van der Waals surface area contributed by atoms with Crippen LogP contribution in [-0.2, 0) is 0 Å². The number of benzene rings is 1. The van der Waals surface area contributed by atoms with Gasteiger partial charge in [-0.15, -0.1) is 0 Å². The predicted octanol–water partition coefficient (Wildman–Crippen LogP) is 2.88. The molecule has 0 aliphatic carbocycles. The van der Waals surface area contributed by atoms with E-state index in [1.807, 2.05) is 6.07 Å². The highest BCUT2D eigenvalue weighted by Crippen LogP contribution is 2.35. The van der Waals surface area contributed by atoms with Crippen LogP contribution < -0.4 is 10.5 Å². The maximum absolute atomic E-state index is 5.98. The summed E-state index contributed by atoms with van der Waals surface area (Å²) < 4.78 is 5.29. The maximum atomic E-state index is 5.98. The minimum absolute atomic E-state index is 0.492. The molecule has 1 fully saturated rings. The van der Waals surface area contributed by atoms with Crippen LogP contribution in [0.25, 0.3) is 0 Å². The van der Waals surface area contributed by atoms with Crippen LogP contribution in [0, 0.1) is 5.92 Å². The average Bonchev–Trinajstić information content (AvgIpc) is 2.41. The molecule has 2 nitrogen and oxygen atoms in total. The lowest BCUT2D eigenvalue weighted by Gasteiger charge is -2.29. The molecule has 1 saturated heterocycles. The third kappa shape index (κ3) is 3.17. The molecule has 0 spiro atoms. The van der Waals surface area contributed by atoms with Crippen molar-refractivity contribution in [3.63, 3.8) is 0 Å². The second kappa shape index (κ2) is 6.31. The Kier molecular flexibility index (Phi) is 4.75. The number of rotatable bonds is 4. The summed E-state index contributed by atoms with van der Waals surface area (Å²) in [5.74, 6) is 4.74. The average molecular weight is 251 g/mol. The van der Waals surface area contributed by atoms with Crippen molar-refractivity contribution >= 4 is 11.8 Å². The monoisotopic (exact) mass is 251 g/mol. The largest absolute Gasteiger partial charge is 0.497 e. The van der Waals surface area contributed by atoms with E-state index < -0.39 is 0 Å². The van der Waals surface area contributed by atoms with Gasteiger partial charge >= 0.3 is 0 Å². The fraction of sp³-hybridized carbons (Fsp3) is 0.571. The highest BCUT2D eigenvalue weighted by molar-refractivity contribution is 7.99. The third-order valence-electron chi connectivity index (χ3n) is 3.61. The molecule has 0 bridgehead atoms. The summed E-state index contributed by atoms with van der Waals surface area (Å²) in [4.78, 5) is 0. The Balaban J connectivity index is 2.15. The van der Waals surface area contributed by atoms with Crippen LogP contribution in [0.5, 0.6) is 5.75 Å². The second-order valence-electron chi connectivity index (χ2n) is 4.57. The van der Waals surface area contributed by atoms with Crippen molar-refractivity contribution in [2.75, 3.05) is 25.2 Å². The molecule has 1 unspecified atom stereocenters. The summed E-state index contributed by atoms with van der Waals surface area (Å²) >= 11 is 2.06. The van der Waals surface area contributed by atoms with E-state index in [1.165, 1.54) is 29.9 Å². The Labute approximate surface area is 108 Å². The number of hydrogen-bond donors (Lipinski definition) is 1. The summed E-state index contributed by atoms with van der Waals surface area (Å²) in [6.07, 6.45) is 2.59. The minimum atomic E-state index is 0.492. The van der Waals surface area contributed by atoms with E-state index in [0.29, 0.717) is 5.92 Å². The molecule has 0 aromatic heterocycles. The van der Waals surface area contributed by atoms with Crippen LogP contribution in [0.4, 0.5) is 0 Å². The molecule has 0 saturated carbocycles. The van der Waals surface area contributed by atoms with Gasteiger partial charge in [-0.25, -0.2) is 0 Å². The lowest BCUT2D eigenvalue weighted by atomic mass is 9.82. The van der Waals surface area contributed by atoms with Gasteiger partial charge in [0.25, 0.3) is 0 Å². The zero-order valence-corrected chi connectivity index (χ0v) is 11.2. The van der Waals surface area contributed by atoms with E-state index in [2.05, 4.69) is 30.0 Å². The molecule has 1 aromatic rings. The Morgan fingerprint density at radius 2 is 2.18 bits per heavy atom. The van der Waals surface area contributed by atoms with E-state index in [1.54, 1.807) is 7.11 Å². The Morgan fingerprint density at radius 1 is 1.41 bits per heavy atom. The van der Waals surface area contributed by atoms with Crippen molar-refractivity contribution in [2.45, 2.75) is 18.8 Å². The number of ether oxygens (including phenoxy) is 1. The fourth-order valence-electron chi connectivity index (χ4n) is 2.59. The Morgan fingerprint density at radius 3 is 2.82 bits per heavy atom. The molecule has 1 heterocycles. The van der Waals surface area contributed by atoms with E-state index in [0.717, 1.165) is 18.2 Å². The third-order valence-corrected chi connectivity index (χ3v) is 4.66. The molecule has 0 amide bonds. The van der Waals surface area contributed by atoms with Crippen molar-refractivity contribution in [3.05, 3.63) is 29.8 Å². The molecule has 2 N–H and O–H groups in total. The topological polar surface area (TPSA) is 35.2 Å². The molecule has 94 valence electrons. The predicted molar refractivity (Wildman–Crippen MR) is 74.8 cm³/mol. The molecule has 3 heteroatoms. The maximum Gasteiger partial charge on any atom is 0.119 e. The number of nitrogens with two attached hydrogens (primary N) is 1. The van der Waals surface area contributed by atoms with Crippen LogP contribution in [0.2, 0.25) is 0 Å². The lowest BCUT2D eigenvalue weighted by Crippen LogP contribution is -2.24. The zero-order valence-electron chi connectivity index (χ0n) is 10.4. The van der Waals surface area contributed by atoms with Crippen molar-refractivity contribution in [1.29, 1.82) is 0 Å². The highest BCUT2D eigenvalue weighted by atomic mass is 32.2. The minimum Gasteiger partial charge on any atom is -0.497 e. The smallest absolute Gasteiger partial charge is 0.119 e. The van der Waals surface area contributed by atoms with Gasteiger partial charge in [0.2, 0.25) is 0 Å². The zero-order chi connectivity index (χ0) is 12.1. The van der Waals surface area contributed by atoms with Crippen molar-refractivity contribution < 1.29 is 4.74 Å². The number of methoxy groups -OCH3 is 1. The summed E-state index contributed by atoms with van der Waals surface area (Å²) in [7, 11) is 1.72. The van der Waals surface area contributed by atoms with Gasteiger partial charge in [-0.3, -0.25) is 0 Å². The van der Waals surface area contributed by atoms with Crippen molar-refractivity contribution in [2.24, 2.45) is 11.7 Å². The summed E-state index contributed by atoms with van der Waals surface area (Å²) in [5.41, 5.74) is 7.32. The van der Waals surface area contributed by atoms with E-state index in [9.17, 15) is 0 Å². The first-order chi connectivity index (χ1) is 8.35. The van der Waals surface area contributed by atoms with Gasteiger partial charge in [0, 0.05) is 0 Å². The quantitative estimate of drug-likeness (QED) is 0.893. The van der Waals surface area contributed by atoms with Gasteiger partial charge < -0.3 is 10.5 Å². The van der Waals surface area contributed by atoms with Gasteiger partial charge in [-0.1, -0.05) is 12.1 Å². The van der Waals surface area contributed by atoms with Crippen molar-refractivity contribution in [3.8, 4) is 5.75 Å². The first kappa shape index (κ1) is 12.8. The molecule has 1 aliphatic heterocycles. The Bertz CT molecular complexity index is 350. The molecule has 2 rings (SSSR count). The van der Waals surface area contributed by atoms with Crippen LogP contribution in [0.15, 0.2) is 24.3 Å². The van der Waals surface area contributed by atoms with E-state index >= 15 is 0 Å². The van der Waals surface area contributed by atoms with Gasteiger partial charge in [0.1, 0.15) is 5.75 Å². The van der Waals surface area contributed by atoms with Gasteiger partial charge in [-0.2, -0.15) is 11.8 Å². The molecule has 1 aliphatic rings. The van der Waals surface area contributed by atoms with Gasteiger partial charge in [-0.05, 0) is 60.4 Å². The number of hydrogen-bond acceptors (Lipinski definition) is 3. The first-order valence-corrected chi connectivity index (χ1v) is 7.42. The SMILES string of the molecule is COc1cccc(C(CN)C2CCSCC2)c1. The van der Waals surface area contributed by atoms with Gasteiger partial charge in [0.05, 0.1) is 7.11 Å². The van der Waals surface area contributed by atoms with E-state index in [-0.39, 0.29) is 0 Å². The number of thioether (sulfide) groups is 1. The highest BCUT2D eigenvalue weighted by Gasteiger charge is 2.24. The molecule has 0 radical (unpaired) electrons. The normalized spacial score (nSPS) is 18.9. The summed E-state index contributed by atoms with van der Waals surface area (Å²) in [6.45, 7) is 0.739. The molecule has 17 heavy (non-hydrogen) atoms. The first-order valence-electron chi connectivity index (χ1n) is 6.27. The van der Waals surface area contributed by atoms with Crippen LogP contribution in [-0.4, -0.2) is 25.2 Å². The van der Waals surface area contributed by atoms with Crippen LogP contribution in [0.3, 0.4) is 0 Å². The van der Waals surface area contributed by atoms with E-state index in [4.69, 9.17) is 10.5 Å². The molecular weight excluding hydrogens is 230 g/mol. The van der Waals surface area contributed by atoms with Crippen LogP contribution in [0.1, 0.15) is 24.3 Å². The summed E-state index contributed by atoms with van der Waals surface area (Å²) in [6, 6.07) is 8.38. The van der Waals surface area contributed by atoms with Crippen molar-refractivity contribution in [1.82, 2.24) is 0 Å². The fourth-order valence-corrected chi connectivity index (χ4v) is 3.73. The second-order valence-corrected chi connectivity index (χ2v) is 5.79. The molecule has 1 aromatic carbocycles. The lowest BCUT2D eigenvalue weighted by molar-refractivity contribution is 0.393. The standard InChI is InChI=1S/C14H21NOS/c1-16-13-4-2-3-12(9-13)14(10-15)11-5-7-17-8-6-11/h2-4,9,11,14H,5-8,10,15H2,1H3. The van der Waals surface area contributed by atoms with Gasteiger partial charge in [0.15, 0.2) is 0 Å². The molecular formula is C14H21NOS. The molecule has 1 atom stereocenters. The Hall–Kier alpha value is -0.670.